The molecule has 0 atom stereocenters. The summed E-state index contributed by atoms with van der Waals surface area (Å²) in [5, 5.41) is 1.82. The number of benzene rings is 1. The first kappa shape index (κ1) is 9.46. The van der Waals surface area contributed by atoms with Gasteiger partial charge in [-0.3, -0.25) is 4.79 Å². The highest BCUT2D eigenvalue weighted by molar-refractivity contribution is 9.08. The lowest BCUT2D eigenvalue weighted by molar-refractivity contribution is 1.25. The molecule has 72 valence electrons. The third-order valence-electron chi connectivity index (χ3n) is 2.32. The van der Waals surface area contributed by atoms with Crippen molar-refractivity contribution in [1.82, 2.24) is 4.98 Å². The Morgan fingerprint density at radius 1 is 1.43 bits per heavy atom. The lowest BCUT2D eigenvalue weighted by Crippen LogP contribution is -2.06. The van der Waals surface area contributed by atoms with Crippen LogP contribution in [0.5, 0.6) is 0 Å². The highest BCUT2D eigenvalue weighted by Crippen LogP contribution is 2.19. The van der Waals surface area contributed by atoms with Crippen LogP contribution in [0.4, 0.5) is 0 Å². The maximum absolute atomic E-state index is 11.3. The highest BCUT2D eigenvalue weighted by Gasteiger charge is 2.03. The van der Waals surface area contributed by atoms with E-state index in [1.54, 1.807) is 6.07 Å². The number of aryl methyl sites for hydroxylation is 1. The normalized spacial score (nSPS) is 10.7. The van der Waals surface area contributed by atoms with Crippen molar-refractivity contribution in [2.75, 3.05) is 0 Å². The molecule has 2 rings (SSSR count). The van der Waals surface area contributed by atoms with Crippen molar-refractivity contribution in [3.05, 3.63) is 45.7 Å². The zero-order valence-electron chi connectivity index (χ0n) is 7.80. The Morgan fingerprint density at radius 2 is 2.21 bits per heavy atom. The van der Waals surface area contributed by atoms with Crippen LogP contribution in [-0.4, -0.2) is 4.98 Å². The number of fused-ring (bicyclic) bond motifs is 1. The fraction of sp³-hybridized carbons (Fsp3) is 0.182. The van der Waals surface area contributed by atoms with Gasteiger partial charge in [0, 0.05) is 16.8 Å². The molecule has 0 aliphatic carbocycles. The molecular weight excluding hydrogens is 242 g/mol. The summed E-state index contributed by atoms with van der Waals surface area (Å²) in [4.78, 5) is 14.2. The predicted molar refractivity (Wildman–Crippen MR) is 61.9 cm³/mol. The van der Waals surface area contributed by atoms with Gasteiger partial charge in [0.25, 0.3) is 0 Å². The molecule has 0 saturated carbocycles. The minimum absolute atomic E-state index is 0.0405. The van der Waals surface area contributed by atoms with Gasteiger partial charge in [-0.1, -0.05) is 34.1 Å². The van der Waals surface area contributed by atoms with Gasteiger partial charge in [0.05, 0.1) is 5.52 Å². The Balaban J connectivity index is 2.94. The van der Waals surface area contributed by atoms with Gasteiger partial charge >= 0.3 is 0 Å². The molecule has 1 aromatic heterocycles. The number of aromatic amines is 1. The molecule has 0 aliphatic heterocycles. The molecule has 14 heavy (non-hydrogen) atoms. The Bertz CT molecular complexity index is 530. The van der Waals surface area contributed by atoms with Crippen LogP contribution in [0.25, 0.3) is 10.9 Å². The van der Waals surface area contributed by atoms with Crippen molar-refractivity contribution in [3.63, 3.8) is 0 Å². The Morgan fingerprint density at radius 3 is 2.93 bits per heavy atom. The summed E-state index contributed by atoms with van der Waals surface area (Å²) < 4.78 is 0. The minimum Gasteiger partial charge on any atom is -0.322 e. The van der Waals surface area contributed by atoms with E-state index in [1.807, 2.05) is 25.1 Å². The van der Waals surface area contributed by atoms with Crippen molar-refractivity contribution in [2.45, 2.75) is 12.3 Å². The summed E-state index contributed by atoms with van der Waals surface area (Å²) >= 11 is 3.38. The second-order valence-corrected chi connectivity index (χ2v) is 3.85. The predicted octanol–water partition coefficient (Wildman–Crippen LogP) is 2.73. The van der Waals surface area contributed by atoms with Crippen LogP contribution in [0, 0.1) is 6.92 Å². The van der Waals surface area contributed by atoms with Crippen LogP contribution in [0.3, 0.4) is 0 Å². The van der Waals surface area contributed by atoms with Gasteiger partial charge in [0.1, 0.15) is 0 Å². The number of hydrogen-bond acceptors (Lipinski definition) is 1. The van der Waals surface area contributed by atoms with Crippen LogP contribution in [-0.2, 0) is 5.33 Å². The number of aromatic nitrogens is 1. The van der Waals surface area contributed by atoms with Crippen LogP contribution in [0.1, 0.15) is 11.1 Å². The van der Waals surface area contributed by atoms with Gasteiger partial charge in [-0.2, -0.15) is 0 Å². The molecule has 0 fully saturated rings. The van der Waals surface area contributed by atoms with Crippen molar-refractivity contribution in [3.8, 4) is 0 Å². The zero-order chi connectivity index (χ0) is 10.1. The monoisotopic (exact) mass is 251 g/mol. The molecule has 1 N–H and O–H groups in total. The molecular formula is C11H10BrNO. The molecule has 0 unspecified atom stereocenters. The van der Waals surface area contributed by atoms with E-state index in [4.69, 9.17) is 0 Å². The standard InChI is InChI=1S/C11H10BrNO/c1-7-3-2-4-9-8(6-12)5-10(14)13-11(7)9/h2-5H,6H2,1H3,(H,13,14). The van der Waals surface area contributed by atoms with E-state index in [0.717, 1.165) is 22.0 Å². The number of H-pyrrole nitrogens is 1. The molecule has 0 aliphatic rings. The van der Waals surface area contributed by atoms with Crippen molar-refractivity contribution in [2.24, 2.45) is 0 Å². The first-order valence-electron chi connectivity index (χ1n) is 4.40. The zero-order valence-corrected chi connectivity index (χ0v) is 9.39. The molecule has 1 aromatic carbocycles. The van der Waals surface area contributed by atoms with Gasteiger partial charge in [0.2, 0.25) is 5.56 Å². The first-order chi connectivity index (χ1) is 6.72. The minimum atomic E-state index is -0.0405. The highest BCUT2D eigenvalue weighted by atomic mass is 79.9. The number of hydrogen-bond donors (Lipinski definition) is 1. The fourth-order valence-electron chi connectivity index (χ4n) is 1.61. The van der Waals surface area contributed by atoms with Gasteiger partial charge in [-0.25, -0.2) is 0 Å². The lowest BCUT2D eigenvalue weighted by Gasteiger charge is -2.04. The van der Waals surface area contributed by atoms with Crippen LogP contribution >= 0.6 is 15.9 Å². The van der Waals surface area contributed by atoms with E-state index in [9.17, 15) is 4.79 Å². The van der Waals surface area contributed by atoms with Crippen LogP contribution in [0.2, 0.25) is 0 Å². The summed E-state index contributed by atoms with van der Waals surface area (Å²) in [6.07, 6.45) is 0. The van der Waals surface area contributed by atoms with Crippen LogP contribution < -0.4 is 5.56 Å². The average molecular weight is 252 g/mol. The number of para-hydroxylation sites is 1. The molecule has 1 heterocycles. The summed E-state index contributed by atoms with van der Waals surface area (Å²) in [6.45, 7) is 2.00. The van der Waals surface area contributed by atoms with E-state index in [0.29, 0.717) is 5.33 Å². The molecule has 0 saturated heterocycles. The van der Waals surface area contributed by atoms with Gasteiger partial charge in [-0.15, -0.1) is 0 Å². The van der Waals surface area contributed by atoms with E-state index in [-0.39, 0.29) is 5.56 Å². The Kier molecular flexibility index (Phi) is 2.42. The fourth-order valence-corrected chi connectivity index (χ4v) is 2.07. The number of halogens is 1. The van der Waals surface area contributed by atoms with Gasteiger partial charge in [0.15, 0.2) is 0 Å². The number of pyridine rings is 1. The Labute approximate surface area is 90.1 Å². The summed E-state index contributed by atoms with van der Waals surface area (Å²) in [5.41, 5.74) is 3.03. The maximum Gasteiger partial charge on any atom is 0.248 e. The summed E-state index contributed by atoms with van der Waals surface area (Å²) in [5.74, 6) is 0. The first-order valence-corrected chi connectivity index (χ1v) is 5.52. The third-order valence-corrected chi connectivity index (χ3v) is 2.92. The average Bonchev–Trinajstić information content (AvgIpc) is 2.18. The largest absolute Gasteiger partial charge is 0.322 e. The second-order valence-electron chi connectivity index (χ2n) is 3.29. The molecule has 0 bridgehead atoms. The number of rotatable bonds is 1. The number of alkyl halides is 1. The molecule has 0 radical (unpaired) electrons. The van der Waals surface area contributed by atoms with Gasteiger partial charge in [-0.05, 0) is 18.1 Å². The van der Waals surface area contributed by atoms with E-state index in [1.165, 1.54) is 0 Å². The third kappa shape index (κ3) is 1.48. The molecule has 3 heteroatoms. The molecule has 0 spiro atoms. The second kappa shape index (κ2) is 3.58. The van der Waals surface area contributed by atoms with E-state index in [2.05, 4.69) is 20.9 Å². The topological polar surface area (TPSA) is 32.9 Å². The van der Waals surface area contributed by atoms with Crippen molar-refractivity contribution in [1.29, 1.82) is 0 Å². The maximum atomic E-state index is 11.3. The van der Waals surface area contributed by atoms with Gasteiger partial charge < -0.3 is 4.98 Å². The molecule has 2 nitrogen and oxygen atoms in total. The lowest BCUT2D eigenvalue weighted by atomic mass is 10.1. The van der Waals surface area contributed by atoms with Crippen molar-refractivity contribution >= 4 is 26.8 Å². The number of nitrogens with one attached hydrogen (secondary N) is 1. The Hall–Kier alpha value is -1.09. The van der Waals surface area contributed by atoms with Crippen molar-refractivity contribution < 1.29 is 0 Å². The molecule has 2 aromatic rings. The van der Waals surface area contributed by atoms with Crippen LogP contribution in [0.15, 0.2) is 29.1 Å². The smallest absolute Gasteiger partial charge is 0.248 e. The molecule has 0 amide bonds. The summed E-state index contributed by atoms with van der Waals surface area (Å²) in [6, 6.07) is 7.66. The summed E-state index contributed by atoms with van der Waals surface area (Å²) in [7, 11) is 0. The SMILES string of the molecule is Cc1cccc2c(CBr)cc(=O)[nH]c12. The van der Waals surface area contributed by atoms with E-state index >= 15 is 0 Å². The van der Waals surface area contributed by atoms with E-state index < -0.39 is 0 Å². The quantitative estimate of drug-likeness (QED) is 0.777.